The fraction of sp³-hybridized carbons (Fsp3) is 0.333. The predicted octanol–water partition coefficient (Wildman–Crippen LogP) is -0.151. The highest BCUT2D eigenvalue weighted by molar-refractivity contribution is 7.98. The molecule has 2 rings (SSSR count). The minimum Gasteiger partial charge on any atom is -0.480 e. The van der Waals surface area contributed by atoms with Crippen LogP contribution in [0.5, 0.6) is 5.88 Å². The molecule has 2 aromatic rings. The molecule has 0 aliphatic rings. The minimum atomic E-state index is -1.00. The molecule has 0 fully saturated rings. The second kappa shape index (κ2) is 6.09. The summed E-state index contributed by atoms with van der Waals surface area (Å²) in [7, 11) is 1.51. The van der Waals surface area contributed by atoms with Gasteiger partial charge in [0, 0.05) is 11.8 Å². The van der Waals surface area contributed by atoms with Gasteiger partial charge in [-0.3, -0.25) is 4.79 Å². The molecule has 0 saturated carbocycles. The van der Waals surface area contributed by atoms with Crippen LogP contribution < -0.4 is 4.74 Å². The number of hydrogen-bond donors (Lipinski definition) is 1. The number of nitrogens with zero attached hydrogens (tertiary/aromatic N) is 6. The maximum Gasteiger partial charge on any atom is 0.325 e. The van der Waals surface area contributed by atoms with Crippen molar-refractivity contribution in [1.82, 2.24) is 30.4 Å². The molecule has 0 bridgehead atoms. The summed E-state index contributed by atoms with van der Waals surface area (Å²) in [4.78, 5) is 10.6. The standard InChI is InChI=1S/C9H10N6O3S/c1-18-7-3-2-6(10-11-7)5-19-9-12-13-14-15(9)4-8(16)17/h2-3H,4-5H2,1H3,(H,16,17). The van der Waals surface area contributed by atoms with Crippen molar-refractivity contribution < 1.29 is 14.6 Å². The first-order valence-corrected chi connectivity index (χ1v) is 6.15. The molecule has 0 atom stereocenters. The number of carbonyl (C=O) groups is 1. The maximum atomic E-state index is 10.6. The summed E-state index contributed by atoms with van der Waals surface area (Å²) in [6, 6.07) is 3.47. The van der Waals surface area contributed by atoms with Crippen LogP contribution in [0.25, 0.3) is 0 Å². The van der Waals surface area contributed by atoms with Gasteiger partial charge in [-0.25, -0.2) is 4.68 Å². The third kappa shape index (κ3) is 3.61. The Morgan fingerprint density at radius 2 is 2.26 bits per heavy atom. The van der Waals surface area contributed by atoms with Gasteiger partial charge in [0.05, 0.1) is 12.8 Å². The Morgan fingerprint density at radius 3 is 2.89 bits per heavy atom. The Hall–Kier alpha value is -2.23. The average molecular weight is 282 g/mol. The Kier molecular flexibility index (Phi) is 4.23. The van der Waals surface area contributed by atoms with Crippen molar-refractivity contribution in [3.05, 3.63) is 17.8 Å². The molecular formula is C9H10N6O3S. The van der Waals surface area contributed by atoms with Gasteiger partial charge in [0.25, 0.3) is 0 Å². The molecule has 9 nitrogen and oxygen atoms in total. The lowest BCUT2D eigenvalue weighted by Crippen LogP contribution is -2.11. The minimum absolute atomic E-state index is 0.274. The molecule has 100 valence electrons. The van der Waals surface area contributed by atoms with E-state index in [0.717, 1.165) is 5.69 Å². The average Bonchev–Trinajstić information content (AvgIpc) is 2.83. The zero-order valence-electron chi connectivity index (χ0n) is 9.92. The number of ether oxygens (including phenoxy) is 1. The first-order valence-electron chi connectivity index (χ1n) is 5.16. The number of hydrogen-bond acceptors (Lipinski definition) is 8. The Bertz CT molecular complexity index is 557. The quantitative estimate of drug-likeness (QED) is 0.722. The highest BCUT2D eigenvalue weighted by atomic mass is 32.2. The lowest BCUT2D eigenvalue weighted by atomic mass is 10.4. The van der Waals surface area contributed by atoms with Crippen molar-refractivity contribution in [2.45, 2.75) is 17.5 Å². The predicted molar refractivity (Wildman–Crippen MR) is 63.6 cm³/mol. The molecule has 10 heteroatoms. The first kappa shape index (κ1) is 13.2. The van der Waals surface area contributed by atoms with Crippen LogP contribution in [0.4, 0.5) is 0 Å². The molecule has 0 amide bonds. The van der Waals surface area contributed by atoms with E-state index in [9.17, 15) is 4.79 Å². The topological polar surface area (TPSA) is 116 Å². The van der Waals surface area contributed by atoms with E-state index in [-0.39, 0.29) is 6.54 Å². The molecule has 2 heterocycles. The molecule has 19 heavy (non-hydrogen) atoms. The van der Waals surface area contributed by atoms with Crippen LogP contribution in [0.15, 0.2) is 17.3 Å². The zero-order valence-corrected chi connectivity index (χ0v) is 10.7. The molecule has 0 radical (unpaired) electrons. The van der Waals surface area contributed by atoms with E-state index in [4.69, 9.17) is 9.84 Å². The smallest absolute Gasteiger partial charge is 0.325 e. The summed E-state index contributed by atoms with van der Waals surface area (Å²) in [5, 5.41) is 27.7. The molecule has 0 spiro atoms. The van der Waals surface area contributed by atoms with Gasteiger partial charge >= 0.3 is 5.97 Å². The van der Waals surface area contributed by atoms with Crippen molar-refractivity contribution in [2.75, 3.05) is 7.11 Å². The van der Waals surface area contributed by atoms with Gasteiger partial charge in [0.1, 0.15) is 6.54 Å². The Balaban J connectivity index is 1.98. The number of tetrazole rings is 1. The normalized spacial score (nSPS) is 10.4. The van der Waals surface area contributed by atoms with Gasteiger partial charge < -0.3 is 9.84 Å². The van der Waals surface area contributed by atoms with Gasteiger partial charge in [-0.05, 0) is 16.5 Å². The zero-order chi connectivity index (χ0) is 13.7. The molecule has 0 saturated heterocycles. The number of methoxy groups -OCH3 is 1. The van der Waals surface area contributed by atoms with Crippen LogP contribution in [-0.4, -0.2) is 48.6 Å². The van der Waals surface area contributed by atoms with Crippen LogP contribution >= 0.6 is 11.8 Å². The summed E-state index contributed by atoms with van der Waals surface area (Å²) >= 11 is 1.28. The third-order valence-electron chi connectivity index (χ3n) is 2.04. The van der Waals surface area contributed by atoms with E-state index >= 15 is 0 Å². The van der Waals surface area contributed by atoms with Crippen LogP contribution in [0.1, 0.15) is 5.69 Å². The van der Waals surface area contributed by atoms with Crippen molar-refractivity contribution in [2.24, 2.45) is 0 Å². The summed E-state index contributed by atoms with van der Waals surface area (Å²) in [6.07, 6.45) is 0. The van der Waals surface area contributed by atoms with Gasteiger partial charge in [0.2, 0.25) is 11.0 Å². The molecule has 0 aliphatic heterocycles. The van der Waals surface area contributed by atoms with E-state index in [2.05, 4.69) is 25.7 Å². The number of rotatable bonds is 6. The summed E-state index contributed by atoms with van der Waals surface area (Å²) < 4.78 is 6.11. The van der Waals surface area contributed by atoms with E-state index in [1.807, 2.05) is 0 Å². The number of aromatic nitrogens is 6. The lowest BCUT2D eigenvalue weighted by Gasteiger charge is -2.01. The third-order valence-corrected chi connectivity index (χ3v) is 3.03. The number of carboxylic acids is 1. The second-order valence-corrected chi connectivity index (χ2v) is 4.31. The van der Waals surface area contributed by atoms with Crippen LogP contribution in [0, 0.1) is 0 Å². The summed E-state index contributed by atoms with van der Waals surface area (Å²) in [5.41, 5.74) is 0.718. The Labute approximate surface area is 112 Å². The van der Waals surface area contributed by atoms with Crippen LogP contribution in [0.2, 0.25) is 0 Å². The van der Waals surface area contributed by atoms with Crippen molar-refractivity contribution in [3.63, 3.8) is 0 Å². The van der Waals surface area contributed by atoms with E-state index in [1.165, 1.54) is 23.6 Å². The monoisotopic (exact) mass is 282 g/mol. The maximum absolute atomic E-state index is 10.6. The fourth-order valence-corrected chi connectivity index (χ4v) is 1.97. The largest absolute Gasteiger partial charge is 0.480 e. The SMILES string of the molecule is COc1ccc(CSc2nnnn2CC(=O)O)nn1. The molecule has 2 aromatic heterocycles. The van der Waals surface area contributed by atoms with Crippen molar-refractivity contribution >= 4 is 17.7 Å². The van der Waals surface area contributed by atoms with E-state index in [0.29, 0.717) is 16.8 Å². The van der Waals surface area contributed by atoms with Crippen LogP contribution in [-0.2, 0) is 17.1 Å². The van der Waals surface area contributed by atoms with Gasteiger partial charge in [-0.15, -0.1) is 10.2 Å². The molecule has 0 unspecified atom stereocenters. The number of thioether (sulfide) groups is 1. The van der Waals surface area contributed by atoms with Crippen molar-refractivity contribution in [1.29, 1.82) is 0 Å². The van der Waals surface area contributed by atoms with Gasteiger partial charge in [-0.2, -0.15) is 5.10 Å². The molecule has 1 N–H and O–H groups in total. The molecule has 0 aromatic carbocycles. The first-order chi connectivity index (χ1) is 9.19. The number of aliphatic carboxylic acids is 1. The second-order valence-electron chi connectivity index (χ2n) is 3.37. The van der Waals surface area contributed by atoms with Crippen molar-refractivity contribution in [3.8, 4) is 5.88 Å². The highest BCUT2D eigenvalue weighted by Crippen LogP contribution is 2.18. The van der Waals surface area contributed by atoms with E-state index in [1.54, 1.807) is 12.1 Å². The number of carboxylic acid groups (broad SMARTS) is 1. The Morgan fingerprint density at radius 1 is 1.42 bits per heavy atom. The van der Waals surface area contributed by atoms with Gasteiger partial charge in [0.15, 0.2) is 0 Å². The lowest BCUT2D eigenvalue weighted by molar-refractivity contribution is -0.138. The van der Waals surface area contributed by atoms with E-state index < -0.39 is 5.97 Å². The summed E-state index contributed by atoms with van der Waals surface area (Å²) in [6.45, 7) is -0.274. The summed E-state index contributed by atoms with van der Waals surface area (Å²) in [5.74, 6) is -0.0837. The van der Waals surface area contributed by atoms with Crippen LogP contribution in [0.3, 0.4) is 0 Å². The van der Waals surface area contributed by atoms with Gasteiger partial charge in [-0.1, -0.05) is 11.8 Å². The molecule has 0 aliphatic carbocycles. The fourth-order valence-electron chi connectivity index (χ4n) is 1.20. The highest BCUT2D eigenvalue weighted by Gasteiger charge is 2.10. The molecular weight excluding hydrogens is 272 g/mol.